The van der Waals surface area contributed by atoms with Crippen LogP contribution in [0.25, 0.3) is 0 Å². The number of carbonyl (C=O) groups is 1. The lowest BCUT2D eigenvalue weighted by molar-refractivity contribution is -0.136. The maximum absolute atomic E-state index is 13.8. The van der Waals surface area contributed by atoms with Crippen LogP contribution in [0.15, 0.2) is 18.2 Å². The molecule has 1 aliphatic heterocycles. The van der Waals surface area contributed by atoms with E-state index in [1.54, 1.807) is 4.90 Å². The summed E-state index contributed by atoms with van der Waals surface area (Å²) in [6.07, 6.45) is 2.06. The summed E-state index contributed by atoms with van der Waals surface area (Å²) >= 11 is 0. The number of nitrogens with one attached hydrogen (secondary N) is 1. The largest absolute Gasteiger partial charge is 0.375 e. The van der Waals surface area contributed by atoms with Crippen molar-refractivity contribution in [2.24, 2.45) is 0 Å². The molecule has 1 atom stereocenters. The lowest BCUT2D eigenvalue weighted by Gasteiger charge is -2.28. The van der Waals surface area contributed by atoms with Crippen LogP contribution in [0, 0.1) is 11.6 Å². The molecule has 1 aromatic rings. The van der Waals surface area contributed by atoms with E-state index in [0.717, 1.165) is 25.5 Å². The molecule has 22 heavy (non-hydrogen) atoms. The summed E-state index contributed by atoms with van der Waals surface area (Å²) in [6, 6.07) is 3.67. The molecule has 1 amide bonds. The molecule has 1 saturated heterocycles. The minimum atomic E-state index is -0.604. The fraction of sp³-hybridized carbons (Fsp3) is 0.562. The molecule has 1 unspecified atom stereocenters. The molecule has 0 bridgehead atoms. The quantitative estimate of drug-likeness (QED) is 0.902. The van der Waals surface area contributed by atoms with Crippen molar-refractivity contribution in [2.75, 3.05) is 19.7 Å². The highest BCUT2D eigenvalue weighted by Crippen LogP contribution is 2.30. The van der Waals surface area contributed by atoms with Crippen molar-refractivity contribution < 1.29 is 18.3 Å². The number of halogens is 2. The summed E-state index contributed by atoms with van der Waals surface area (Å²) < 4.78 is 32.3. The lowest BCUT2D eigenvalue weighted by Crippen LogP contribution is -2.43. The summed E-state index contributed by atoms with van der Waals surface area (Å²) in [4.78, 5) is 14.2. The normalized spacial score (nSPS) is 21.6. The van der Waals surface area contributed by atoms with Crippen LogP contribution in [-0.2, 0) is 16.1 Å². The highest BCUT2D eigenvalue weighted by molar-refractivity contribution is 5.77. The van der Waals surface area contributed by atoms with E-state index in [0.29, 0.717) is 25.1 Å². The van der Waals surface area contributed by atoms with Gasteiger partial charge in [0, 0.05) is 37.3 Å². The summed E-state index contributed by atoms with van der Waals surface area (Å²) in [7, 11) is 0. The van der Waals surface area contributed by atoms with E-state index in [9.17, 15) is 13.6 Å². The zero-order chi connectivity index (χ0) is 15.5. The second-order valence-electron chi connectivity index (χ2n) is 5.89. The van der Waals surface area contributed by atoms with Gasteiger partial charge in [-0.2, -0.15) is 0 Å². The van der Waals surface area contributed by atoms with Gasteiger partial charge in [-0.15, -0.1) is 0 Å². The number of benzene rings is 1. The summed E-state index contributed by atoms with van der Waals surface area (Å²) in [6.45, 7) is 2.26. The third kappa shape index (κ3) is 3.81. The van der Waals surface area contributed by atoms with Crippen molar-refractivity contribution in [2.45, 2.75) is 38.0 Å². The molecule has 1 aromatic carbocycles. The van der Waals surface area contributed by atoms with E-state index < -0.39 is 11.6 Å². The molecule has 0 spiro atoms. The Bertz CT molecular complexity index is 543. The van der Waals surface area contributed by atoms with Gasteiger partial charge in [-0.3, -0.25) is 4.79 Å². The van der Waals surface area contributed by atoms with E-state index in [2.05, 4.69) is 5.32 Å². The Morgan fingerprint density at radius 2 is 2.18 bits per heavy atom. The SMILES string of the molecule is O=C(CC1CNCCO1)N(Cc1ccc(F)cc1F)C1CC1. The predicted molar refractivity (Wildman–Crippen MR) is 77.2 cm³/mol. The van der Waals surface area contributed by atoms with Crippen LogP contribution in [0.1, 0.15) is 24.8 Å². The molecule has 1 heterocycles. The second kappa shape index (κ2) is 6.71. The monoisotopic (exact) mass is 310 g/mol. The van der Waals surface area contributed by atoms with Crippen molar-refractivity contribution in [1.29, 1.82) is 0 Å². The maximum Gasteiger partial charge on any atom is 0.225 e. The topological polar surface area (TPSA) is 41.6 Å². The molecule has 1 aliphatic carbocycles. The molecule has 0 radical (unpaired) electrons. The number of rotatable bonds is 5. The van der Waals surface area contributed by atoms with Gasteiger partial charge in [-0.05, 0) is 18.9 Å². The van der Waals surface area contributed by atoms with Crippen LogP contribution >= 0.6 is 0 Å². The van der Waals surface area contributed by atoms with E-state index in [-0.39, 0.29) is 24.6 Å². The Kier molecular flexibility index (Phi) is 4.69. The van der Waals surface area contributed by atoms with Crippen LogP contribution in [-0.4, -0.2) is 42.6 Å². The van der Waals surface area contributed by atoms with Gasteiger partial charge in [0.15, 0.2) is 0 Å². The minimum absolute atomic E-state index is 0.0278. The number of amides is 1. The number of carbonyl (C=O) groups excluding carboxylic acids is 1. The predicted octanol–water partition coefficient (Wildman–Crippen LogP) is 1.83. The van der Waals surface area contributed by atoms with Gasteiger partial charge in [-0.1, -0.05) is 6.07 Å². The fourth-order valence-electron chi connectivity index (χ4n) is 2.70. The summed E-state index contributed by atoms with van der Waals surface area (Å²) in [5, 5.41) is 3.19. The van der Waals surface area contributed by atoms with E-state index in [1.807, 2.05) is 0 Å². The summed E-state index contributed by atoms with van der Waals surface area (Å²) in [5.41, 5.74) is 0.351. The first-order chi connectivity index (χ1) is 10.6. The standard InChI is InChI=1S/C16H20F2N2O2/c17-12-2-1-11(15(18)7-12)10-20(13-3-4-13)16(21)8-14-9-19-5-6-22-14/h1-2,7,13-14,19H,3-6,8-10H2. The van der Waals surface area contributed by atoms with Crippen LogP contribution in [0.3, 0.4) is 0 Å². The first-order valence-corrected chi connectivity index (χ1v) is 7.69. The molecule has 0 aromatic heterocycles. The van der Waals surface area contributed by atoms with Gasteiger partial charge in [0.05, 0.1) is 19.1 Å². The van der Waals surface area contributed by atoms with Gasteiger partial charge in [0.1, 0.15) is 11.6 Å². The van der Waals surface area contributed by atoms with Gasteiger partial charge in [0.2, 0.25) is 5.91 Å². The highest BCUT2D eigenvalue weighted by atomic mass is 19.1. The van der Waals surface area contributed by atoms with Gasteiger partial charge < -0.3 is 15.0 Å². The Labute approximate surface area is 128 Å². The molecule has 2 fully saturated rings. The Balaban J connectivity index is 1.65. The number of ether oxygens (including phenoxy) is 1. The van der Waals surface area contributed by atoms with Gasteiger partial charge in [0.25, 0.3) is 0 Å². The molecule has 3 rings (SSSR count). The Hall–Kier alpha value is -1.53. The first kappa shape index (κ1) is 15.4. The fourth-order valence-corrected chi connectivity index (χ4v) is 2.70. The van der Waals surface area contributed by atoms with Crippen molar-refractivity contribution in [3.05, 3.63) is 35.4 Å². The molecule has 2 aliphatic rings. The molecular formula is C16H20F2N2O2. The zero-order valence-corrected chi connectivity index (χ0v) is 12.4. The average molecular weight is 310 g/mol. The molecule has 1 N–H and O–H groups in total. The number of hydrogen-bond donors (Lipinski definition) is 1. The Morgan fingerprint density at radius 1 is 1.36 bits per heavy atom. The Morgan fingerprint density at radius 3 is 2.82 bits per heavy atom. The van der Waals surface area contributed by atoms with Gasteiger partial charge >= 0.3 is 0 Å². The summed E-state index contributed by atoms with van der Waals surface area (Å²) in [5.74, 6) is -1.24. The molecular weight excluding hydrogens is 290 g/mol. The van der Waals surface area contributed by atoms with Crippen LogP contribution in [0.5, 0.6) is 0 Å². The van der Waals surface area contributed by atoms with E-state index in [4.69, 9.17) is 4.74 Å². The van der Waals surface area contributed by atoms with Crippen LogP contribution in [0.4, 0.5) is 8.78 Å². The average Bonchev–Trinajstić information content (AvgIpc) is 3.32. The van der Waals surface area contributed by atoms with Crippen LogP contribution < -0.4 is 5.32 Å². The lowest BCUT2D eigenvalue weighted by atomic mass is 10.1. The van der Waals surface area contributed by atoms with Crippen molar-refractivity contribution in [3.8, 4) is 0 Å². The van der Waals surface area contributed by atoms with Crippen molar-refractivity contribution >= 4 is 5.91 Å². The van der Waals surface area contributed by atoms with Crippen molar-refractivity contribution in [1.82, 2.24) is 10.2 Å². The first-order valence-electron chi connectivity index (χ1n) is 7.69. The smallest absolute Gasteiger partial charge is 0.225 e. The van der Waals surface area contributed by atoms with Gasteiger partial charge in [-0.25, -0.2) is 8.78 Å². The van der Waals surface area contributed by atoms with Crippen molar-refractivity contribution in [3.63, 3.8) is 0 Å². The molecule has 120 valence electrons. The van der Waals surface area contributed by atoms with E-state index in [1.165, 1.54) is 12.1 Å². The third-order valence-corrected chi connectivity index (χ3v) is 4.07. The molecule has 4 nitrogen and oxygen atoms in total. The minimum Gasteiger partial charge on any atom is -0.375 e. The number of hydrogen-bond acceptors (Lipinski definition) is 3. The number of morpholine rings is 1. The maximum atomic E-state index is 13.8. The molecule has 1 saturated carbocycles. The second-order valence-corrected chi connectivity index (χ2v) is 5.89. The van der Waals surface area contributed by atoms with E-state index >= 15 is 0 Å². The highest BCUT2D eigenvalue weighted by Gasteiger charge is 2.34. The number of nitrogens with zero attached hydrogens (tertiary/aromatic N) is 1. The third-order valence-electron chi connectivity index (χ3n) is 4.07. The molecule has 6 heteroatoms. The zero-order valence-electron chi connectivity index (χ0n) is 12.4. The van der Waals surface area contributed by atoms with Crippen LogP contribution in [0.2, 0.25) is 0 Å².